The van der Waals surface area contributed by atoms with Crippen molar-refractivity contribution in [2.24, 2.45) is 0 Å². The Morgan fingerprint density at radius 3 is 2.48 bits per heavy atom. The van der Waals surface area contributed by atoms with Gasteiger partial charge in [0.05, 0.1) is 19.8 Å². The molecular weight excluding hydrogens is 314 g/mol. The number of nitrogens with zero attached hydrogens (tertiary/aromatic N) is 1. The Bertz CT molecular complexity index is 603. The average Bonchev–Trinajstić information content (AvgIpc) is 2.56. The summed E-state index contributed by atoms with van der Waals surface area (Å²) in [5.74, 6) is 0.802. The van der Waals surface area contributed by atoms with Crippen molar-refractivity contribution in [3.05, 3.63) is 64.7 Å². The van der Waals surface area contributed by atoms with E-state index in [2.05, 4.69) is 0 Å². The molecule has 0 bridgehead atoms. The number of aliphatic hydroxyl groups is 2. The number of methoxy groups -OCH3 is 1. The van der Waals surface area contributed by atoms with Crippen LogP contribution in [-0.2, 0) is 6.54 Å². The minimum Gasteiger partial charge on any atom is -0.496 e. The van der Waals surface area contributed by atoms with Crippen molar-refractivity contribution in [2.45, 2.75) is 12.6 Å². The molecule has 0 unspecified atom stereocenters. The lowest BCUT2D eigenvalue weighted by molar-refractivity contribution is 0.0951. The molecule has 0 fully saturated rings. The second-order valence-corrected chi connectivity index (χ2v) is 5.77. The van der Waals surface area contributed by atoms with Gasteiger partial charge in [0.25, 0.3) is 0 Å². The molecular formula is C18H22ClNO3. The number of ether oxygens (including phenoxy) is 1. The largest absolute Gasteiger partial charge is 0.496 e. The molecule has 0 amide bonds. The lowest BCUT2D eigenvalue weighted by atomic mass is 10.1. The Morgan fingerprint density at radius 1 is 1.13 bits per heavy atom. The molecule has 0 aliphatic heterocycles. The number of halogens is 1. The van der Waals surface area contributed by atoms with Crippen LogP contribution in [0.25, 0.3) is 0 Å². The highest BCUT2D eigenvalue weighted by Gasteiger charge is 2.15. The van der Waals surface area contributed by atoms with Crippen LogP contribution in [0.1, 0.15) is 17.2 Å². The fraction of sp³-hybridized carbons (Fsp3) is 0.333. The van der Waals surface area contributed by atoms with Crippen LogP contribution in [0.5, 0.6) is 5.75 Å². The maximum Gasteiger partial charge on any atom is 0.123 e. The van der Waals surface area contributed by atoms with E-state index in [4.69, 9.17) is 16.3 Å². The third-order valence-corrected chi connectivity index (χ3v) is 3.94. The molecule has 2 N–H and O–H groups in total. The van der Waals surface area contributed by atoms with Gasteiger partial charge in [-0.05, 0) is 23.8 Å². The second-order valence-electron chi connectivity index (χ2n) is 5.34. The van der Waals surface area contributed by atoms with Crippen LogP contribution in [0, 0.1) is 0 Å². The van der Waals surface area contributed by atoms with Crippen LogP contribution >= 0.6 is 11.6 Å². The molecule has 124 valence electrons. The number of aliphatic hydroxyl groups excluding tert-OH is 2. The van der Waals surface area contributed by atoms with Crippen LogP contribution in [0.3, 0.4) is 0 Å². The lowest BCUT2D eigenvalue weighted by Gasteiger charge is -2.25. The number of para-hydroxylation sites is 1. The summed E-state index contributed by atoms with van der Waals surface area (Å²) in [6.45, 7) is 1.51. The first-order chi connectivity index (χ1) is 11.1. The first-order valence-corrected chi connectivity index (χ1v) is 7.90. The van der Waals surface area contributed by atoms with Crippen LogP contribution in [0.4, 0.5) is 0 Å². The van der Waals surface area contributed by atoms with Crippen LogP contribution in [-0.4, -0.2) is 41.9 Å². The highest BCUT2D eigenvalue weighted by molar-refractivity contribution is 6.30. The SMILES string of the molecule is COc1ccccc1CN(CCO)C[C@H](O)c1ccc(Cl)cc1. The van der Waals surface area contributed by atoms with Crippen molar-refractivity contribution in [2.75, 3.05) is 26.8 Å². The average molecular weight is 336 g/mol. The third kappa shape index (κ3) is 5.22. The van der Waals surface area contributed by atoms with Gasteiger partial charge < -0.3 is 14.9 Å². The minimum absolute atomic E-state index is 0.0302. The molecule has 2 aromatic rings. The summed E-state index contributed by atoms with van der Waals surface area (Å²) < 4.78 is 5.36. The van der Waals surface area contributed by atoms with Gasteiger partial charge in [0.1, 0.15) is 5.75 Å². The molecule has 0 radical (unpaired) electrons. The van der Waals surface area contributed by atoms with E-state index in [9.17, 15) is 10.2 Å². The highest BCUT2D eigenvalue weighted by atomic mass is 35.5. The third-order valence-electron chi connectivity index (χ3n) is 3.69. The molecule has 5 heteroatoms. The van der Waals surface area contributed by atoms with E-state index in [1.54, 1.807) is 19.2 Å². The summed E-state index contributed by atoms with van der Waals surface area (Å²) in [6, 6.07) is 14.9. The minimum atomic E-state index is -0.645. The predicted molar refractivity (Wildman–Crippen MR) is 91.8 cm³/mol. The zero-order valence-corrected chi connectivity index (χ0v) is 13.9. The zero-order chi connectivity index (χ0) is 16.7. The monoisotopic (exact) mass is 335 g/mol. The molecule has 0 aliphatic rings. The first kappa shape index (κ1) is 17.8. The van der Waals surface area contributed by atoms with E-state index in [1.807, 2.05) is 41.3 Å². The van der Waals surface area contributed by atoms with Crippen molar-refractivity contribution in [1.29, 1.82) is 0 Å². The van der Waals surface area contributed by atoms with E-state index in [-0.39, 0.29) is 6.61 Å². The topological polar surface area (TPSA) is 52.9 Å². The summed E-state index contributed by atoms with van der Waals surface area (Å²) in [7, 11) is 1.64. The predicted octanol–water partition coefficient (Wildman–Crippen LogP) is 2.88. The van der Waals surface area contributed by atoms with Crippen molar-refractivity contribution >= 4 is 11.6 Å². The molecule has 1 atom stereocenters. The fourth-order valence-corrected chi connectivity index (χ4v) is 2.61. The Labute approximate surface area is 141 Å². The Hall–Kier alpha value is -1.59. The zero-order valence-electron chi connectivity index (χ0n) is 13.2. The van der Waals surface area contributed by atoms with Gasteiger partial charge in [-0.2, -0.15) is 0 Å². The molecule has 2 aromatic carbocycles. The van der Waals surface area contributed by atoms with Crippen LogP contribution in [0.15, 0.2) is 48.5 Å². The Morgan fingerprint density at radius 2 is 1.83 bits per heavy atom. The van der Waals surface area contributed by atoms with Gasteiger partial charge in [0.15, 0.2) is 0 Å². The number of hydrogen-bond donors (Lipinski definition) is 2. The molecule has 0 saturated heterocycles. The van der Waals surface area contributed by atoms with Crippen molar-refractivity contribution in [3.63, 3.8) is 0 Å². The Kier molecular flexibility index (Phi) is 6.86. The molecule has 0 spiro atoms. The van der Waals surface area contributed by atoms with E-state index in [0.717, 1.165) is 16.9 Å². The van der Waals surface area contributed by atoms with E-state index in [1.165, 1.54) is 0 Å². The van der Waals surface area contributed by atoms with Gasteiger partial charge in [-0.3, -0.25) is 4.90 Å². The number of benzene rings is 2. The maximum atomic E-state index is 10.4. The second kappa shape index (κ2) is 8.89. The van der Waals surface area contributed by atoms with Gasteiger partial charge in [0, 0.05) is 30.2 Å². The van der Waals surface area contributed by atoms with Crippen molar-refractivity contribution in [1.82, 2.24) is 4.90 Å². The quantitative estimate of drug-likeness (QED) is 0.779. The summed E-state index contributed by atoms with van der Waals surface area (Å²) >= 11 is 5.87. The Balaban J connectivity index is 2.07. The fourth-order valence-electron chi connectivity index (χ4n) is 2.49. The van der Waals surface area contributed by atoms with Crippen LogP contribution in [0.2, 0.25) is 5.02 Å². The lowest BCUT2D eigenvalue weighted by Crippen LogP contribution is -2.31. The summed E-state index contributed by atoms with van der Waals surface area (Å²) in [4.78, 5) is 2.00. The molecule has 0 heterocycles. The van der Waals surface area contributed by atoms with Gasteiger partial charge in [-0.25, -0.2) is 0 Å². The van der Waals surface area contributed by atoms with Gasteiger partial charge in [-0.1, -0.05) is 41.9 Å². The number of hydrogen-bond acceptors (Lipinski definition) is 4. The molecule has 23 heavy (non-hydrogen) atoms. The van der Waals surface area contributed by atoms with E-state index >= 15 is 0 Å². The normalized spacial score (nSPS) is 12.4. The van der Waals surface area contributed by atoms with Crippen molar-refractivity contribution in [3.8, 4) is 5.75 Å². The molecule has 2 rings (SSSR count). The maximum absolute atomic E-state index is 10.4. The summed E-state index contributed by atoms with van der Waals surface area (Å²) in [5.41, 5.74) is 1.82. The standard InChI is InChI=1S/C18H22ClNO3/c1-23-18-5-3-2-4-15(18)12-20(10-11-21)13-17(22)14-6-8-16(19)9-7-14/h2-9,17,21-22H,10-13H2,1H3/t17-/m0/s1. The van der Waals surface area contributed by atoms with Gasteiger partial charge >= 0.3 is 0 Å². The molecule has 4 nitrogen and oxygen atoms in total. The molecule has 0 aliphatic carbocycles. The van der Waals surface area contributed by atoms with Crippen molar-refractivity contribution < 1.29 is 14.9 Å². The van der Waals surface area contributed by atoms with E-state index < -0.39 is 6.10 Å². The molecule has 0 saturated carbocycles. The summed E-state index contributed by atoms with van der Waals surface area (Å²) in [5, 5.41) is 20.3. The van der Waals surface area contributed by atoms with Gasteiger partial charge in [0.2, 0.25) is 0 Å². The van der Waals surface area contributed by atoms with Gasteiger partial charge in [-0.15, -0.1) is 0 Å². The molecule has 0 aromatic heterocycles. The number of rotatable bonds is 8. The first-order valence-electron chi connectivity index (χ1n) is 7.52. The van der Waals surface area contributed by atoms with Crippen LogP contribution < -0.4 is 4.74 Å². The smallest absolute Gasteiger partial charge is 0.123 e. The summed E-state index contributed by atoms with van der Waals surface area (Å²) in [6.07, 6.45) is -0.645. The highest BCUT2D eigenvalue weighted by Crippen LogP contribution is 2.22. The van der Waals surface area contributed by atoms with E-state index in [0.29, 0.717) is 24.7 Å².